The topological polar surface area (TPSA) is 76.6 Å². The van der Waals surface area contributed by atoms with E-state index in [1.807, 2.05) is 23.1 Å². The minimum Gasteiger partial charge on any atom is -0.497 e. The summed E-state index contributed by atoms with van der Waals surface area (Å²) in [6, 6.07) is 5.76. The van der Waals surface area contributed by atoms with E-state index in [9.17, 15) is 14.7 Å². The van der Waals surface area contributed by atoms with Gasteiger partial charge >= 0.3 is 6.03 Å². The van der Waals surface area contributed by atoms with Crippen molar-refractivity contribution < 1.29 is 19.4 Å². The SMILES string of the molecule is COc1ccc(C)c([C@]23CCN(CCN(C)C)[C@H](C)[C@]2(O)CCCN(CC2CC2)C(=O)N(CC2CC2)C(=O)C3)c1. The molecule has 0 spiro atoms. The molecule has 0 radical (unpaired) electrons. The number of methoxy groups -OCH3 is 1. The zero-order valence-electron chi connectivity index (χ0n) is 25.3. The predicted molar refractivity (Wildman–Crippen MR) is 157 cm³/mol. The van der Waals surface area contributed by atoms with Gasteiger partial charge in [0.1, 0.15) is 5.75 Å². The van der Waals surface area contributed by atoms with Crippen LogP contribution < -0.4 is 4.74 Å². The summed E-state index contributed by atoms with van der Waals surface area (Å²) in [5.41, 5.74) is 0.0584. The molecule has 4 aliphatic rings. The molecule has 1 aromatic rings. The lowest BCUT2D eigenvalue weighted by molar-refractivity contribution is -0.157. The van der Waals surface area contributed by atoms with E-state index in [1.165, 1.54) is 0 Å². The van der Waals surface area contributed by atoms with Crippen LogP contribution in [0.25, 0.3) is 0 Å². The van der Waals surface area contributed by atoms with E-state index in [-0.39, 0.29) is 24.4 Å². The zero-order chi connectivity index (χ0) is 28.7. The second-order valence-corrected chi connectivity index (χ2v) is 13.4. The number of ether oxygens (including phenoxy) is 1. The molecule has 1 N–H and O–H groups in total. The Bertz CT molecular complexity index is 1090. The van der Waals surface area contributed by atoms with Gasteiger partial charge in [0.05, 0.1) is 12.7 Å². The number of benzene rings is 1. The van der Waals surface area contributed by atoms with Gasteiger partial charge in [-0.1, -0.05) is 6.07 Å². The van der Waals surface area contributed by atoms with Crippen molar-refractivity contribution in [2.45, 2.75) is 82.3 Å². The third-order valence-corrected chi connectivity index (χ3v) is 10.2. The number of hydrogen-bond donors (Lipinski definition) is 1. The Labute approximate surface area is 240 Å². The van der Waals surface area contributed by atoms with Crippen LogP contribution in [0.3, 0.4) is 0 Å². The molecule has 3 atom stereocenters. The van der Waals surface area contributed by atoms with Crippen LogP contribution in [-0.2, 0) is 10.2 Å². The third kappa shape index (κ3) is 5.77. The van der Waals surface area contributed by atoms with Crippen molar-refractivity contribution in [3.63, 3.8) is 0 Å². The highest BCUT2D eigenvalue weighted by Crippen LogP contribution is 2.52. The van der Waals surface area contributed by atoms with Crippen LogP contribution in [0.4, 0.5) is 4.79 Å². The summed E-state index contributed by atoms with van der Waals surface area (Å²) in [7, 11) is 5.82. The predicted octanol–water partition coefficient (Wildman–Crippen LogP) is 3.88. The molecule has 8 nitrogen and oxygen atoms in total. The molecule has 0 aromatic heterocycles. The number of aryl methyl sites for hydroxylation is 1. The smallest absolute Gasteiger partial charge is 0.326 e. The summed E-state index contributed by atoms with van der Waals surface area (Å²) in [6.07, 6.45) is 6.46. The van der Waals surface area contributed by atoms with Gasteiger partial charge in [-0.3, -0.25) is 14.6 Å². The van der Waals surface area contributed by atoms with Crippen molar-refractivity contribution in [3.05, 3.63) is 29.3 Å². The molecule has 0 bridgehead atoms. The van der Waals surface area contributed by atoms with Gasteiger partial charge in [-0.25, -0.2) is 4.79 Å². The van der Waals surface area contributed by atoms with E-state index >= 15 is 0 Å². The minimum absolute atomic E-state index is 0.122. The van der Waals surface area contributed by atoms with Crippen molar-refractivity contribution in [2.75, 3.05) is 60.5 Å². The number of urea groups is 1. The number of carbonyl (C=O) groups excluding carboxylic acids is 2. The maximum atomic E-state index is 14.4. The zero-order valence-corrected chi connectivity index (χ0v) is 25.3. The van der Waals surface area contributed by atoms with E-state index < -0.39 is 11.0 Å². The molecule has 2 saturated heterocycles. The molecule has 1 aromatic carbocycles. The molecule has 222 valence electrons. The van der Waals surface area contributed by atoms with Gasteiger partial charge in [0.25, 0.3) is 0 Å². The van der Waals surface area contributed by atoms with E-state index in [0.29, 0.717) is 44.2 Å². The molecule has 4 fully saturated rings. The molecule has 40 heavy (non-hydrogen) atoms. The number of likely N-dealkylation sites (tertiary alicyclic amines) is 1. The van der Waals surface area contributed by atoms with E-state index in [0.717, 1.165) is 68.7 Å². The quantitative estimate of drug-likeness (QED) is 0.499. The second kappa shape index (κ2) is 11.6. The lowest BCUT2D eigenvalue weighted by Crippen LogP contribution is -2.69. The second-order valence-electron chi connectivity index (χ2n) is 13.4. The van der Waals surface area contributed by atoms with E-state index in [4.69, 9.17) is 4.74 Å². The number of rotatable bonds is 9. The average Bonchev–Trinajstić information content (AvgIpc) is 3.85. The standard InChI is InChI=1S/C32H50N4O4/c1-23-7-12-27(40-5)19-28(23)31-14-16-34(18-17-33(3)4)24(2)32(31,39)13-6-15-35(21-25-8-9-25)30(38)36(29(37)20-31)22-26-10-11-26/h7,12,19,24-26,39H,6,8-11,13-18,20-22H2,1-5H3/t24-,31-,32-/m1/s1. The van der Waals surface area contributed by atoms with Gasteiger partial charge in [-0.15, -0.1) is 0 Å². The van der Waals surface area contributed by atoms with Crippen LogP contribution in [0.15, 0.2) is 18.2 Å². The fourth-order valence-corrected chi connectivity index (χ4v) is 7.26. The molecule has 2 heterocycles. The number of imide groups is 1. The van der Waals surface area contributed by atoms with Gasteiger partial charge in [0.15, 0.2) is 0 Å². The summed E-state index contributed by atoms with van der Waals surface area (Å²) in [4.78, 5) is 36.4. The van der Waals surface area contributed by atoms with Crippen LogP contribution in [-0.4, -0.2) is 109 Å². The van der Waals surface area contributed by atoms with Crippen LogP contribution in [0.2, 0.25) is 0 Å². The highest BCUT2D eigenvalue weighted by Gasteiger charge is 2.60. The van der Waals surface area contributed by atoms with Gasteiger partial charge in [0.2, 0.25) is 5.91 Å². The minimum atomic E-state index is -1.15. The van der Waals surface area contributed by atoms with Crippen LogP contribution in [0, 0.1) is 18.8 Å². The molecule has 3 amide bonds. The third-order valence-electron chi connectivity index (χ3n) is 10.2. The number of aliphatic hydroxyl groups is 1. The molecule has 2 aliphatic carbocycles. The highest BCUT2D eigenvalue weighted by atomic mass is 16.5. The monoisotopic (exact) mass is 554 g/mol. The first-order chi connectivity index (χ1) is 19.1. The Morgan fingerprint density at radius 2 is 1.75 bits per heavy atom. The van der Waals surface area contributed by atoms with E-state index in [2.05, 4.69) is 37.7 Å². The number of amides is 3. The summed E-state index contributed by atoms with van der Waals surface area (Å²) in [5, 5.41) is 13.1. The number of fused-ring (bicyclic) bond motifs is 1. The summed E-state index contributed by atoms with van der Waals surface area (Å²) in [5.74, 6) is 1.53. The summed E-state index contributed by atoms with van der Waals surface area (Å²) in [6.45, 7) is 8.55. The van der Waals surface area contributed by atoms with Crippen molar-refractivity contribution >= 4 is 11.9 Å². The lowest BCUT2D eigenvalue weighted by atomic mass is 9.56. The van der Waals surface area contributed by atoms with Crippen molar-refractivity contribution in [3.8, 4) is 5.75 Å². The molecular weight excluding hydrogens is 504 g/mol. The molecule has 2 saturated carbocycles. The van der Waals surface area contributed by atoms with Crippen molar-refractivity contribution in [1.29, 1.82) is 0 Å². The Kier molecular flexibility index (Phi) is 8.52. The molecule has 8 heteroatoms. The number of piperidine rings is 1. The Morgan fingerprint density at radius 3 is 2.40 bits per heavy atom. The molecule has 5 rings (SSSR count). The molecular formula is C32H50N4O4. The van der Waals surface area contributed by atoms with Crippen molar-refractivity contribution in [1.82, 2.24) is 19.6 Å². The fraction of sp³-hybridized carbons (Fsp3) is 0.750. The summed E-state index contributed by atoms with van der Waals surface area (Å²) < 4.78 is 5.65. The lowest BCUT2D eigenvalue weighted by Gasteiger charge is -2.59. The number of likely N-dealkylation sites (N-methyl/N-ethyl adjacent to an activating group) is 1. The van der Waals surface area contributed by atoms with Gasteiger partial charge < -0.3 is 19.6 Å². The van der Waals surface area contributed by atoms with Crippen LogP contribution >= 0.6 is 0 Å². The van der Waals surface area contributed by atoms with Crippen molar-refractivity contribution in [2.24, 2.45) is 11.8 Å². The highest BCUT2D eigenvalue weighted by molar-refractivity contribution is 5.95. The Morgan fingerprint density at radius 1 is 1.05 bits per heavy atom. The maximum Gasteiger partial charge on any atom is 0.326 e. The first kappa shape index (κ1) is 29.3. The van der Waals surface area contributed by atoms with Gasteiger partial charge in [0, 0.05) is 50.6 Å². The summed E-state index contributed by atoms with van der Waals surface area (Å²) >= 11 is 0. The van der Waals surface area contributed by atoms with E-state index in [1.54, 1.807) is 12.0 Å². The number of hydrogen-bond acceptors (Lipinski definition) is 6. The van der Waals surface area contributed by atoms with Crippen LogP contribution in [0.1, 0.15) is 69.4 Å². The molecule has 2 aliphatic heterocycles. The normalized spacial score (nSPS) is 30.5. The number of nitrogens with zero attached hydrogens (tertiary/aromatic N) is 4. The van der Waals surface area contributed by atoms with Crippen LogP contribution in [0.5, 0.6) is 5.75 Å². The Hall–Kier alpha value is -2.16. The molecule has 0 unspecified atom stereocenters. The Balaban J connectivity index is 1.59. The average molecular weight is 555 g/mol. The first-order valence-electron chi connectivity index (χ1n) is 15.4. The number of carbonyl (C=O) groups is 2. The first-order valence-corrected chi connectivity index (χ1v) is 15.4. The fourth-order valence-electron chi connectivity index (χ4n) is 7.26. The van der Waals surface area contributed by atoms with Gasteiger partial charge in [-0.05, 0) is 115 Å². The maximum absolute atomic E-state index is 14.4. The van der Waals surface area contributed by atoms with Gasteiger partial charge in [-0.2, -0.15) is 0 Å². The largest absolute Gasteiger partial charge is 0.497 e.